The molecule has 2 amide bonds. The molecule has 3 N–H and O–H groups in total. The first-order valence-electron chi connectivity index (χ1n) is 5.86. The molecule has 6 heteroatoms. The van der Waals surface area contributed by atoms with E-state index in [4.69, 9.17) is 0 Å². The number of likely N-dealkylation sites (N-methyl/N-ethyl adjacent to an activating group) is 1. The SMILES string of the molecule is CCCNc1ncccc1C(=O)NCC(=O)NC. The van der Waals surface area contributed by atoms with Crippen LogP contribution in [0.4, 0.5) is 5.82 Å². The van der Waals surface area contributed by atoms with E-state index in [9.17, 15) is 9.59 Å². The van der Waals surface area contributed by atoms with Crippen LogP contribution in [0, 0.1) is 0 Å². The van der Waals surface area contributed by atoms with Gasteiger partial charge in [0.25, 0.3) is 5.91 Å². The Balaban J connectivity index is 2.69. The summed E-state index contributed by atoms with van der Waals surface area (Å²) in [4.78, 5) is 27.0. The number of anilines is 1. The lowest BCUT2D eigenvalue weighted by atomic mass is 10.2. The van der Waals surface area contributed by atoms with Crippen molar-refractivity contribution < 1.29 is 9.59 Å². The number of nitrogens with one attached hydrogen (secondary N) is 3. The summed E-state index contributed by atoms with van der Waals surface area (Å²) >= 11 is 0. The average Bonchev–Trinajstić information content (AvgIpc) is 2.42. The highest BCUT2D eigenvalue weighted by molar-refractivity contribution is 6.00. The predicted molar refractivity (Wildman–Crippen MR) is 69.4 cm³/mol. The third-order valence-electron chi connectivity index (χ3n) is 2.28. The quantitative estimate of drug-likeness (QED) is 0.681. The molecule has 0 bridgehead atoms. The van der Waals surface area contributed by atoms with Gasteiger partial charge in [0.15, 0.2) is 0 Å². The van der Waals surface area contributed by atoms with E-state index >= 15 is 0 Å². The minimum absolute atomic E-state index is 0.0442. The van der Waals surface area contributed by atoms with Crippen LogP contribution in [-0.4, -0.2) is 36.9 Å². The molecule has 6 nitrogen and oxygen atoms in total. The van der Waals surface area contributed by atoms with E-state index in [2.05, 4.69) is 20.9 Å². The first-order valence-corrected chi connectivity index (χ1v) is 5.86. The average molecular weight is 250 g/mol. The van der Waals surface area contributed by atoms with Gasteiger partial charge >= 0.3 is 0 Å². The van der Waals surface area contributed by atoms with Gasteiger partial charge < -0.3 is 16.0 Å². The monoisotopic (exact) mass is 250 g/mol. The smallest absolute Gasteiger partial charge is 0.255 e. The molecule has 1 heterocycles. The Morgan fingerprint density at radius 2 is 2.17 bits per heavy atom. The van der Waals surface area contributed by atoms with Crippen LogP contribution in [0.15, 0.2) is 18.3 Å². The van der Waals surface area contributed by atoms with E-state index in [0.29, 0.717) is 11.4 Å². The number of hydrogen-bond donors (Lipinski definition) is 3. The zero-order valence-corrected chi connectivity index (χ0v) is 10.6. The number of carbonyl (C=O) groups is 2. The maximum Gasteiger partial charge on any atom is 0.255 e. The largest absolute Gasteiger partial charge is 0.369 e. The molecular weight excluding hydrogens is 232 g/mol. The van der Waals surface area contributed by atoms with Gasteiger partial charge in [-0.3, -0.25) is 9.59 Å². The van der Waals surface area contributed by atoms with Crippen LogP contribution in [0.5, 0.6) is 0 Å². The molecule has 18 heavy (non-hydrogen) atoms. The van der Waals surface area contributed by atoms with Crippen molar-refractivity contribution in [2.24, 2.45) is 0 Å². The van der Waals surface area contributed by atoms with Gasteiger partial charge in [-0.05, 0) is 18.6 Å². The Kier molecular flexibility index (Phi) is 5.63. The summed E-state index contributed by atoms with van der Waals surface area (Å²) < 4.78 is 0. The van der Waals surface area contributed by atoms with Gasteiger partial charge in [0.1, 0.15) is 5.82 Å². The molecule has 98 valence electrons. The van der Waals surface area contributed by atoms with E-state index in [1.54, 1.807) is 18.3 Å². The van der Waals surface area contributed by atoms with Crippen molar-refractivity contribution in [1.29, 1.82) is 0 Å². The van der Waals surface area contributed by atoms with E-state index < -0.39 is 0 Å². The fourth-order valence-electron chi connectivity index (χ4n) is 1.32. The third-order valence-corrected chi connectivity index (χ3v) is 2.28. The van der Waals surface area contributed by atoms with Gasteiger partial charge in [-0.25, -0.2) is 4.98 Å². The molecule has 1 aromatic heterocycles. The van der Waals surface area contributed by atoms with Crippen LogP contribution < -0.4 is 16.0 Å². The normalized spacial score (nSPS) is 9.67. The summed E-state index contributed by atoms with van der Waals surface area (Å²) in [6.07, 6.45) is 2.56. The molecule has 1 rings (SSSR count). The highest BCUT2D eigenvalue weighted by atomic mass is 16.2. The first kappa shape index (κ1) is 14.0. The van der Waals surface area contributed by atoms with Crippen molar-refractivity contribution in [3.8, 4) is 0 Å². The Morgan fingerprint density at radius 1 is 1.39 bits per heavy atom. The zero-order valence-electron chi connectivity index (χ0n) is 10.6. The summed E-state index contributed by atoms with van der Waals surface area (Å²) in [5, 5.41) is 8.04. The van der Waals surface area contributed by atoms with E-state index in [0.717, 1.165) is 13.0 Å². The van der Waals surface area contributed by atoms with Crippen molar-refractivity contribution in [3.63, 3.8) is 0 Å². The number of rotatable bonds is 6. The Labute approximate surface area is 106 Å². The summed E-state index contributed by atoms with van der Waals surface area (Å²) in [6, 6.07) is 3.36. The minimum atomic E-state index is -0.315. The van der Waals surface area contributed by atoms with Crippen LogP contribution >= 0.6 is 0 Å². The number of carbonyl (C=O) groups excluding carboxylic acids is 2. The van der Waals surface area contributed by atoms with Crippen LogP contribution in [0.3, 0.4) is 0 Å². The predicted octanol–water partition coefficient (Wildman–Crippen LogP) is 0.379. The molecule has 0 aliphatic rings. The van der Waals surface area contributed by atoms with Crippen LogP contribution in [0.1, 0.15) is 23.7 Å². The molecule has 0 fully saturated rings. The topological polar surface area (TPSA) is 83.1 Å². The molecule has 0 aromatic carbocycles. The molecule has 0 unspecified atom stereocenters. The lowest BCUT2D eigenvalue weighted by Crippen LogP contribution is -2.35. The molecule has 0 spiro atoms. The molecule has 0 aliphatic heterocycles. The molecule has 1 aromatic rings. The molecule has 0 saturated heterocycles. The van der Waals surface area contributed by atoms with E-state index in [-0.39, 0.29) is 18.4 Å². The second-order valence-electron chi connectivity index (χ2n) is 3.68. The summed E-state index contributed by atoms with van der Waals surface area (Å²) in [7, 11) is 1.52. The number of pyridine rings is 1. The fraction of sp³-hybridized carbons (Fsp3) is 0.417. The van der Waals surface area contributed by atoms with E-state index in [1.165, 1.54) is 7.05 Å². The second-order valence-corrected chi connectivity index (χ2v) is 3.68. The van der Waals surface area contributed by atoms with Gasteiger partial charge in [-0.1, -0.05) is 6.92 Å². The van der Waals surface area contributed by atoms with Crippen molar-refractivity contribution in [2.75, 3.05) is 25.5 Å². The van der Waals surface area contributed by atoms with Crippen molar-refractivity contribution in [1.82, 2.24) is 15.6 Å². The number of aromatic nitrogens is 1. The maximum atomic E-state index is 11.9. The highest BCUT2D eigenvalue weighted by Crippen LogP contribution is 2.10. The van der Waals surface area contributed by atoms with Gasteiger partial charge in [0.2, 0.25) is 5.91 Å². The number of amides is 2. The number of nitrogens with zero attached hydrogens (tertiary/aromatic N) is 1. The molecule has 0 saturated carbocycles. The molecule has 0 aliphatic carbocycles. The van der Waals surface area contributed by atoms with Crippen LogP contribution in [-0.2, 0) is 4.79 Å². The van der Waals surface area contributed by atoms with Gasteiger partial charge in [0.05, 0.1) is 12.1 Å². The Morgan fingerprint density at radius 3 is 2.83 bits per heavy atom. The second kappa shape index (κ2) is 7.26. The van der Waals surface area contributed by atoms with Crippen molar-refractivity contribution in [3.05, 3.63) is 23.9 Å². The summed E-state index contributed by atoms with van der Waals surface area (Å²) in [6.45, 7) is 2.73. The Hall–Kier alpha value is -2.11. The van der Waals surface area contributed by atoms with Crippen molar-refractivity contribution in [2.45, 2.75) is 13.3 Å². The maximum absolute atomic E-state index is 11.9. The zero-order chi connectivity index (χ0) is 13.4. The molecular formula is C12H18N4O2. The van der Waals surface area contributed by atoms with Gasteiger partial charge in [-0.15, -0.1) is 0 Å². The summed E-state index contributed by atoms with van der Waals surface area (Å²) in [5.74, 6) is -0.0191. The van der Waals surface area contributed by atoms with Gasteiger partial charge in [0, 0.05) is 19.8 Å². The highest BCUT2D eigenvalue weighted by Gasteiger charge is 2.12. The molecule has 0 atom stereocenters. The lowest BCUT2D eigenvalue weighted by molar-refractivity contribution is -0.119. The lowest BCUT2D eigenvalue weighted by Gasteiger charge is -2.10. The fourth-order valence-corrected chi connectivity index (χ4v) is 1.32. The summed E-state index contributed by atoms with van der Waals surface area (Å²) in [5.41, 5.74) is 0.440. The minimum Gasteiger partial charge on any atom is -0.369 e. The van der Waals surface area contributed by atoms with Crippen molar-refractivity contribution >= 4 is 17.6 Å². The third kappa shape index (κ3) is 4.04. The van der Waals surface area contributed by atoms with Crippen LogP contribution in [0.25, 0.3) is 0 Å². The van der Waals surface area contributed by atoms with E-state index in [1.807, 2.05) is 6.92 Å². The standard InChI is InChI=1S/C12H18N4O2/c1-3-6-14-11-9(5-4-7-15-11)12(18)16-8-10(17)13-2/h4-5,7H,3,6,8H2,1-2H3,(H,13,17)(H,14,15)(H,16,18). The molecule has 0 radical (unpaired) electrons. The van der Waals surface area contributed by atoms with Gasteiger partial charge in [-0.2, -0.15) is 0 Å². The van der Waals surface area contributed by atoms with Crippen LogP contribution in [0.2, 0.25) is 0 Å². The Bertz CT molecular complexity index is 420. The first-order chi connectivity index (χ1) is 8.69. The number of hydrogen-bond acceptors (Lipinski definition) is 4.